The Balaban J connectivity index is 1.76. The van der Waals surface area contributed by atoms with Gasteiger partial charge in [0.15, 0.2) is 5.76 Å². The van der Waals surface area contributed by atoms with Gasteiger partial charge in [0.2, 0.25) is 0 Å². The number of nitrogens with one attached hydrogen (secondary N) is 2. The smallest absolute Gasteiger partial charge is 0.433 e. The van der Waals surface area contributed by atoms with Crippen molar-refractivity contribution in [2.75, 3.05) is 17.7 Å². The van der Waals surface area contributed by atoms with Gasteiger partial charge in [-0.2, -0.15) is 0 Å². The number of carbonyl (C=O) groups is 2. The molecule has 0 aliphatic heterocycles. The van der Waals surface area contributed by atoms with E-state index in [4.69, 9.17) is 20.8 Å². The average molecular weight is 416 g/mol. The predicted molar refractivity (Wildman–Crippen MR) is 106 cm³/mol. The summed E-state index contributed by atoms with van der Waals surface area (Å²) in [7, 11) is 1.40. The molecule has 3 aromatic rings. The van der Waals surface area contributed by atoms with E-state index in [0.29, 0.717) is 22.0 Å². The van der Waals surface area contributed by atoms with Crippen LogP contribution in [0.5, 0.6) is 5.75 Å². The highest BCUT2D eigenvalue weighted by molar-refractivity contribution is 6.34. The first kappa shape index (κ1) is 19.9. The second kappa shape index (κ2) is 8.44. The molecular formula is C19H14ClN3O6. The Labute approximate surface area is 169 Å². The summed E-state index contributed by atoms with van der Waals surface area (Å²) in [6.45, 7) is 0. The van der Waals surface area contributed by atoms with Gasteiger partial charge >= 0.3 is 5.88 Å². The largest absolute Gasteiger partial charge is 0.494 e. The van der Waals surface area contributed by atoms with Gasteiger partial charge < -0.3 is 19.8 Å². The third-order valence-electron chi connectivity index (χ3n) is 3.82. The van der Waals surface area contributed by atoms with Gasteiger partial charge in [-0.25, -0.2) is 0 Å². The van der Waals surface area contributed by atoms with Gasteiger partial charge in [-0.1, -0.05) is 23.7 Å². The molecule has 0 aliphatic carbocycles. The summed E-state index contributed by atoms with van der Waals surface area (Å²) < 4.78 is 10.1. The molecule has 0 atom stereocenters. The quantitative estimate of drug-likeness (QED) is 0.455. The molecule has 2 amide bonds. The number of hydrogen-bond donors (Lipinski definition) is 2. The molecule has 0 aliphatic rings. The molecular weight excluding hydrogens is 402 g/mol. The van der Waals surface area contributed by atoms with E-state index in [-0.39, 0.29) is 11.5 Å². The molecule has 0 unspecified atom stereocenters. The van der Waals surface area contributed by atoms with Crippen LogP contribution in [-0.2, 0) is 0 Å². The fourth-order valence-corrected chi connectivity index (χ4v) is 2.67. The van der Waals surface area contributed by atoms with E-state index in [9.17, 15) is 19.7 Å². The van der Waals surface area contributed by atoms with Gasteiger partial charge in [0, 0.05) is 11.8 Å². The number of halogens is 1. The summed E-state index contributed by atoms with van der Waals surface area (Å²) in [6, 6.07) is 13.4. The first-order valence-corrected chi connectivity index (χ1v) is 8.56. The van der Waals surface area contributed by atoms with Gasteiger partial charge in [0.1, 0.15) is 10.7 Å². The fourth-order valence-electron chi connectivity index (χ4n) is 2.45. The monoisotopic (exact) mass is 415 g/mol. The average Bonchev–Trinajstić information content (AvgIpc) is 3.20. The second-order valence-corrected chi connectivity index (χ2v) is 6.11. The molecule has 0 saturated heterocycles. The third kappa shape index (κ3) is 4.53. The van der Waals surface area contributed by atoms with Crippen molar-refractivity contribution >= 4 is 40.7 Å². The van der Waals surface area contributed by atoms with Crippen LogP contribution >= 0.6 is 11.6 Å². The number of carbonyl (C=O) groups excluding carboxylic acids is 2. The first-order chi connectivity index (χ1) is 13.9. The molecule has 9 nitrogen and oxygen atoms in total. The van der Waals surface area contributed by atoms with E-state index >= 15 is 0 Å². The van der Waals surface area contributed by atoms with Crippen LogP contribution in [0.3, 0.4) is 0 Å². The second-order valence-electron chi connectivity index (χ2n) is 5.70. The minimum absolute atomic E-state index is 0.216. The van der Waals surface area contributed by atoms with Crippen molar-refractivity contribution in [1.29, 1.82) is 0 Å². The van der Waals surface area contributed by atoms with Crippen LogP contribution in [0.1, 0.15) is 20.9 Å². The molecule has 29 heavy (non-hydrogen) atoms. The number of amides is 2. The number of benzene rings is 2. The number of furan rings is 1. The standard InChI is InChI=1S/C19H14ClN3O6/c1-28-16-10-11(21-19(25)15-8-9-17(29-15)23(26)27)6-7-14(16)22-18(24)12-4-2-3-5-13(12)20/h2-10H,1H3,(H,21,25)(H,22,24). The molecule has 0 spiro atoms. The highest BCUT2D eigenvalue weighted by Crippen LogP contribution is 2.29. The summed E-state index contributed by atoms with van der Waals surface area (Å²) in [5.41, 5.74) is 0.999. The van der Waals surface area contributed by atoms with Gasteiger partial charge in [0.05, 0.1) is 29.4 Å². The maximum Gasteiger partial charge on any atom is 0.433 e. The summed E-state index contributed by atoms with van der Waals surface area (Å²) in [6.07, 6.45) is 0. The van der Waals surface area contributed by atoms with Crippen molar-refractivity contribution in [2.45, 2.75) is 0 Å². The normalized spacial score (nSPS) is 10.3. The minimum Gasteiger partial charge on any atom is -0.494 e. The molecule has 0 fully saturated rings. The molecule has 0 saturated carbocycles. The first-order valence-electron chi connectivity index (χ1n) is 8.18. The molecule has 0 bridgehead atoms. The molecule has 1 heterocycles. The molecule has 148 valence electrons. The van der Waals surface area contributed by atoms with Gasteiger partial charge in [-0.05, 0) is 30.3 Å². The van der Waals surface area contributed by atoms with Crippen molar-refractivity contribution in [3.05, 3.63) is 81.1 Å². The zero-order chi connectivity index (χ0) is 21.0. The third-order valence-corrected chi connectivity index (χ3v) is 4.15. The van der Waals surface area contributed by atoms with Gasteiger partial charge in [-0.15, -0.1) is 0 Å². The van der Waals surface area contributed by atoms with Gasteiger partial charge in [-0.3, -0.25) is 19.7 Å². The Morgan fingerprint density at radius 2 is 1.83 bits per heavy atom. The number of rotatable bonds is 6. The highest BCUT2D eigenvalue weighted by atomic mass is 35.5. The van der Waals surface area contributed by atoms with Crippen LogP contribution in [0, 0.1) is 10.1 Å². The van der Waals surface area contributed by atoms with Gasteiger partial charge in [0.25, 0.3) is 11.8 Å². The minimum atomic E-state index is -0.740. The Hall–Kier alpha value is -3.85. The van der Waals surface area contributed by atoms with E-state index in [2.05, 4.69) is 10.6 Å². The lowest BCUT2D eigenvalue weighted by molar-refractivity contribution is -0.402. The zero-order valence-corrected chi connectivity index (χ0v) is 15.7. The molecule has 2 N–H and O–H groups in total. The summed E-state index contributed by atoms with van der Waals surface area (Å²) >= 11 is 6.03. The van der Waals surface area contributed by atoms with Crippen molar-refractivity contribution in [2.24, 2.45) is 0 Å². The van der Waals surface area contributed by atoms with E-state index in [1.807, 2.05) is 0 Å². The Morgan fingerprint density at radius 1 is 1.07 bits per heavy atom. The number of ether oxygens (including phenoxy) is 1. The SMILES string of the molecule is COc1cc(NC(=O)c2ccc([N+](=O)[O-])o2)ccc1NC(=O)c1ccccc1Cl. The zero-order valence-electron chi connectivity index (χ0n) is 15.0. The van der Waals surface area contributed by atoms with Crippen LogP contribution < -0.4 is 15.4 Å². The van der Waals surface area contributed by atoms with Crippen molar-refractivity contribution in [1.82, 2.24) is 0 Å². The van der Waals surface area contributed by atoms with Crippen molar-refractivity contribution in [3.8, 4) is 5.75 Å². The van der Waals surface area contributed by atoms with E-state index in [0.717, 1.165) is 6.07 Å². The maximum atomic E-state index is 12.4. The Kier molecular flexibility index (Phi) is 5.79. The van der Waals surface area contributed by atoms with Crippen LogP contribution in [0.25, 0.3) is 0 Å². The van der Waals surface area contributed by atoms with E-state index < -0.39 is 22.6 Å². The van der Waals surface area contributed by atoms with Crippen molar-refractivity contribution < 1.29 is 23.7 Å². The number of methoxy groups -OCH3 is 1. The van der Waals surface area contributed by atoms with E-state index in [1.165, 1.54) is 31.4 Å². The lowest BCUT2D eigenvalue weighted by Gasteiger charge is -2.13. The molecule has 1 aromatic heterocycles. The Morgan fingerprint density at radius 3 is 2.48 bits per heavy atom. The van der Waals surface area contributed by atoms with Crippen LogP contribution in [0.2, 0.25) is 5.02 Å². The van der Waals surface area contributed by atoms with E-state index in [1.54, 1.807) is 24.3 Å². The fraction of sp³-hybridized carbons (Fsp3) is 0.0526. The molecule has 2 aromatic carbocycles. The summed E-state index contributed by atoms with van der Waals surface area (Å²) in [5.74, 6) is -1.56. The summed E-state index contributed by atoms with van der Waals surface area (Å²) in [4.78, 5) is 34.5. The molecule has 10 heteroatoms. The molecule has 3 rings (SSSR count). The number of anilines is 2. The van der Waals surface area contributed by atoms with Crippen LogP contribution in [0.4, 0.5) is 17.3 Å². The van der Waals surface area contributed by atoms with Crippen molar-refractivity contribution in [3.63, 3.8) is 0 Å². The van der Waals surface area contributed by atoms with Crippen LogP contribution in [-0.4, -0.2) is 23.8 Å². The number of hydrogen-bond acceptors (Lipinski definition) is 6. The molecule has 0 radical (unpaired) electrons. The highest BCUT2D eigenvalue weighted by Gasteiger charge is 2.18. The Bertz CT molecular complexity index is 1100. The topological polar surface area (TPSA) is 124 Å². The number of nitrogens with zero attached hydrogens (tertiary/aromatic N) is 1. The lowest BCUT2D eigenvalue weighted by Crippen LogP contribution is -2.14. The van der Waals surface area contributed by atoms with Crippen LogP contribution in [0.15, 0.2) is 59.0 Å². The summed E-state index contributed by atoms with van der Waals surface area (Å²) in [5, 5.41) is 16.2. The lowest BCUT2D eigenvalue weighted by atomic mass is 10.2. The predicted octanol–water partition coefficient (Wildman–Crippen LogP) is 4.35. The number of nitro groups is 1. The maximum absolute atomic E-state index is 12.4.